The number of hydrogen-bond acceptors (Lipinski definition) is 5. The molecule has 2 heterocycles. The maximum absolute atomic E-state index is 13.8. The van der Waals surface area contributed by atoms with E-state index in [0.29, 0.717) is 25.3 Å². The van der Waals surface area contributed by atoms with Gasteiger partial charge < -0.3 is 9.64 Å². The molecule has 3 aromatic carbocycles. The quantitative estimate of drug-likeness (QED) is 0.407. The number of aromatic nitrogens is 3. The summed E-state index contributed by atoms with van der Waals surface area (Å²) in [6.07, 6.45) is 1.79. The van der Waals surface area contributed by atoms with Crippen molar-refractivity contribution in [2.75, 3.05) is 11.9 Å². The highest BCUT2D eigenvalue weighted by Crippen LogP contribution is 2.47. The van der Waals surface area contributed by atoms with Gasteiger partial charge in [0.25, 0.3) is 0 Å². The van der Waals surface area contributed by atoms with Crippen LogP contribution in [-0.2, 0) is 24.5 Å². The summed E-state index contributed by atoms with van der Waals surface area (Å²) in [4.78, 5) is 4.69. The molecule has 4 aromatic rings. The zero-order valence-corrected chi connectivity index (χ0v) is 17.8. The highest BCUT2D eigenvalue weighted by atomic mass is 32.2. The molecule has 5 rings (SSSR count). The number of anilines is 2. The molecule has 0 saturated heterocycles. The second-order valence-corrected chi connectivity index (χ2v) is 8.51. The Balaban J connectivity index is 1.20. The van der Waals surface area contributed by atoms with Crippen LogP contribution >= 0.6 is 11.8 Å². The van der Waals surface area contributed by atoms with Crippen molar-refractivity contribution in [1.82, 2.24) is 15.0 Å². The Kier molecular flexibility index (Phi) is 5.44. The second kappa shape index (κ2) is 8.53. The zero-order valence-electron chi connectivity index (χ0n) is 17.0. The maximum atomic E-state index is 13.8. The molecule has 0 aliphatic carbocycles. The monoisotopic (exact) mass is 432 g/mol. The molecule has 1 aliphatic rings. The second-order valence-electron chi connectivity index (χ2n) is 7.42. The van der Waals surface area contributed by atoms with Crippen molar-refractivity contribution < 1.29 is 9.13 Å². The Morgan fingerprint density at radius 3 is 2.65 bits per heavy atom. The summed E-state index contributed by atoms with van der Waals surface area (Å²) >= 11 is 1.78. The molecule has 156 valence electrons. The molecule has 0 unspecified atom stereocenters. The van der Waals surface area contributed by atoms with E-state index in [0.717, 1.165) is 11.3 Å². The van der Waals surface area contributed by atoms with Crippen LogP contribution in [0.15, 0.2) is 82.7 Å². The van der Waals surface area contributed by atoms with Gasteiger partial charge in [0.2, 0.25) is 0 Å². The van der Waals surface area contributed by atoms with E-state index in [1.807, 2.05) is 6.07 Å². The first-order valence-corrected chi connectivity index (χ1v) is 10.8. The molecule has 1 aromatic heterocycles. The average Bonchev–Trinajstić information content (AvgIpc) is 3.23. The van der Waals surface area contributed by atoms with E-state index in [4.69, 9.17) is 4.74 Å². The Bertz CT molecular complexity index is 1230. The number of hydrogen-bond donors (Lipinski definition) is 0. The molecule has 0 spiro atoms. The fraction of sp³-hybridized carbons (Fsp3) is 0.167. The third kappa shape index (κ3) is 4.19. The summed E-state index contributed by atoms with van der Waals surface area (Å²) in [5.74, 6) is -0.241. The van der Waals surface area contributed by atoms with E-state index < -0.39 is 0 Å². The van der Waals surface area contributed by atoms with Crippen LogP contribution in [0, 0.1) is 5.82 Å². The first kappa shape index (κ1) is 19.8. The van der Waals surface area contributed by atoms with Crippen LogP contribution in [-0.4, -0.2) is 22.0 Å². The van der Waals surface area contributed by atoms with Gasteiger partial charge in [-0.05, 0) is 35.9 Å². The highest BCUT2D eigenvalue weighted by Gasteiger charge is 2.20. The van der Waals surface area contributed by atoms with E-state index in [1.165, 1.54) is 27.2 Å². The fourth-order valence-electron chi connectivity index (χ4n) is 3.63. The van der Waals surface area contributed by atoms with Crippen molar-refractivity contribution >= 4 is 23.1 Å². The Hall–Kier alpha value is -3.16. The van der Waals surface area contributed by atoms with E-state index >= 15 is 0 Å². The molecule has 5 nitrogen and oxygen atoms in total. The number of para-hydroxylation sites is 1. The summed E-state index contributed by atoms with van der Waals surface area (Å²) in [7, 11) is 2.10. The molecule has 0 bridgehead atoms. The third-order valence-electron chi connectivity index (χ3n) is 5.23. The summed E-state index contributed by atoms with van der Waals surface area (Å²) in [5, 5.41) is 8.21. The zero-order chi connectivity index (χ0) is 21.2. The SMILES string of the molecule is CN1c2ccccc2Sc2cc(COCc3cn(Cc4ccccc4F)nn3)ccc21. The Morgan fingerprint density at radius 1 is 0.935 bits per heavy atom. The van der Waals surface area contributed by atoms with Crippen molar-refractivity contribution in [2.24, 2.45) is 0 Å². The van der Waals surface area contributed by atoms with Crippen LogP contribution in [0.25, 0.3) is 0 Å². The van der Waals surface area contributed by atoms with Gasteiger partial charge in [0.1, 0.15) is 11.5 Å². The molecular formula is C24H21FN4OS. The van der Waals surface area contributed by atoms with Crippen LogP contribution < -0.4 is 4.90 Å². The molecule has 0 N–H and O–H groups in total. The normalized spacial score (nSPS) is 12.5. The fourth-order valence-corrected chi connectivity index (χ4v) is 4.85. The van der Waals surface area contributed by atoms with Crippen LogP contribution in [0.5, 0.6) is 0 Å². The van der Waals surface area contributed by atoms with Crippen molar-refractivity contribution in [2.45, 2.75) is 29.5 Å². The predicted octanol–water partition coefficient (Wildman–Crippen LogP) is 5.41. The van der Waals surface area contributed by atoms with E-state index in [1.54, 1.807) is 34.8 Å². The largest absolute Gasteiger partial charge is 0.370 e. The van der Waals surface area contributed by atoms with Crippen molar-refractivity contribution in [1.29, 1.82) is 0 Å². The minimum atomic E-state index is -0.241. The number of benzene rings is 3. The highest BCUT2D eigenvalue weighted by molar-refractivity contribution is 7.99. The number of ether oxygens (including phenoxy) is 1. The van der Waals surface area contributed by atoms with Gasteiger partial charge in [0, 0.05) is 22.4 Å². The Morgan fingerprint density at radius 2 is 1.74 bits per heavy atom. The minimum Gasteiger partial charge on any atom is -0.370 e. The van der Waals surface area contributed by atoms with Crippen LogP contribution in [0.3, 0.4) is 0 Å². The first-order chi connectivity index (χ1) is 15.2. The molecular weight excluding hydrogens is 411 g/mol. The van der Waals surface area contributed by atoms with Crippen LogP contribution in [0.2, 0.25) is 0 Å². The summed E-state index contributed by atoms with van der Waals surface area (Å²) in [5.41, 5.74) is 4.83. The van der Waals surface area contributed by atoms with E-state index in [-0.39, 0.29) is 5.82 Å². The Labute approximate surface area is 184 Å². The van der Waals surface area contributed by atoms with Gasteiger partial charge in [-0.3, -0.25) is 0 Å². The number of nitrogens with zero attached hydrogens (tertiary/aromatic N) is 4. The van der Waals surface area contributed by atoms with Gasteiger partial charge in [0.05, 0.1) is 37.3 Å². The van der Waals surface area contributed by atoms with E-state index in [9.17, 15) is 4.39 Å². The van der Waals surface area contributed by atoms with Crippen LogP contribution in [0.1, 0.15) is 16.8 Å². The lowest BCUT2D eigenvalue weighted by Gasteiger charge is -2.29. The van der Waals surface area contributed by atoms with Crippen molar-refractivity contribution in [3.63, 3.8) is 0 Å². The van der Waals surface area contributed by atoms with Gasteiger partial charge in [-0.2, -0.15) is 0 Å². The smallest absolute Gasteiger partial charge is 0.128 e. The van der Waals surface area contributed by atoms with Gasteiger partial charge in [-0.25, -0.2) is 9.07 Å². The van der Waals surface area contributed by atoms with Crippen molar-refractivity contribution in [3.8, 4) is 0 Å². The van der Waals surface area contributed by atoms with Gasteiger partial charge >= 0.3 is 0 Å². The summed E-state index contributed by atoms with van der Waals surface area (Å²) < 4.78 is 21.3. The van der Waals surface area contributed by atoms with Gasteiger partial charge in [-0.15, -0.1) is 5.10 Å². The average molecular weight is 433 g/mol. The molecule has 0 radical (unpaired) electrons. The van der Waals surface area contributed by atoms with Crippen LogP contribution in [0.4, 0.5) is 15.8 Å². The first-order valence-electron chi connectivity index (χ1n) is 10.0. The molecule has 31 heavy (non-hydrogen) atoms. The van der Waals surface area contributed by atoms with Crippen molar-refractivity contribution in [3.05, 3.63) is 95.6 Å². The molecule has 0 amide bonds. The van der Waals surface area contributed by atoms with E-state index in [2.05, 4.69) is 64.7 Å². The number of rotatable bonds is 6. The summed E-state index contributed by atoms with van der Waals surface area (Å²) in [6.45, 7) is 1.18. The standard InChI is InChI=1S/C24H21FN4OS/c1-28-21-8-4-5-9-23(21)31-24-12-17(10-11-22(24)28)15-30-16-19-14-29(27-26-19)13-18-6-2-3-7-20(18)25/h2-12,14H,13,15-16H2,1H3. The molecule has 1 aliphatic heterocycles. The molecule has 0 fully saturated rings. The van der Waals surface area contributed by atoms with Gasteiger partial charge in [0.15, 0.2) is 0 Å². The minimum absolute atomic E-state index is 0.241. The molecule has 7 heteroatoms. The maximum Gasteiger partial charge on any atom is 0.128 e. The number of fused-ring (bicyclic) bond motifs is 2. The topological polar surface area (TPSA) is 43.2 Å². The molecule has 0 saturated carbocycles. The third-order valence-corrected chi connectivity index (χ3v) is 6.34. The number of halogens is 1. The lowest BCUT2D eigenvalue weighted by atomic mass is 10.2. The summed E-state index contributed by atoms with van der Waals surface area (Å²) in [6, 6.07) is 21.5. The lowest BCUT2D eigenvalue weighted by molar-refractivity contribution is 0.104. The molecule has 0 atom stereocenters. The lowest BCUT2D eigenvalue weighted by Crippen LogP contribution is -2.14. The van der Waals surface area contributed by atoms with Gasteiger partial charge in [-0.1, -0.05) is 53.4 Å². The predicted molar refractivity (Wildman–Crippen MR) is 119 cm³/mol.